The molecule has 0 bridgehead atoms. The van der Waals surface area contributed by atoms with E-state index in [1.54, 1.807) is 6.08 Å². The molecule has 1 aromatic heterocycles. The number of benzene rings is 2. The number of nitrogens with one attached hydrogen (secondary N) is 1. The van der Waals surface area contributed by atoms with Crippen molar-refractivity contribution in [2.45, 2.75) is 20.4 Å². The minimum absolute atomic E-state index is 0.235. The molecule has 0 unspecified atom stereocenters. The molecule has 0 saturated carbocycles. The summed E-state index contributed by atoms with van der Waals surface area (Å²) in [5.41, 5.74) is 4.89. The first-order valence-electron chi connectivity index (χ1n) is 9.38. The standard InChI is InChI=1S/C23H19BrClN3O2/c1-14-10-17(15(2)28(14)18-8-9-19(24)20(25)12-18)11-21-22(29)27(23(30)26-21)13-16-6-4-3-5-7-16/h3-12H,13H2,1-2H3,(H,26,30)/b21-11+. The van der Waals surface area contributed by atoms with Crippen LogP contribution in [0.2, 0.25) is 5.02 Å². The van der Waals surface area contributed by atoms with Crippen molar-refractivity contribution in [2.24, 2.45) is 0 Å². The summed E-state index contributed by atoms with van der Waals surface area (Å²) in [6, 6.07) is 16.8. The monoisotopic (exact) mass is 483 g/mol. The van der Waals surface area contributed by atoms with Gasteiger partial charge in [0.2, 0.25) is 0 Å². The summed E-state index contributed by atoms with van der Waals surface area (Å²) in [4.78, 5) is 26.4. The lowest BCUT2D eigenvalue weighted by Gasteiger charge is -2.11. The molecule has 5 nitrogen and oxygen atoms in total. The highest BCUT2D eigenvalue weighted by Crippen LogP contribution is 2.29. The molecule has 3 aromatic rings. The van der Waals surface area contributed by atoms with Crippen LogP contribution in [-0.2, 0) is 11.3 Å². The number of hydrogen-bond donors (Lipinski definition) is 1. The first-order valence-corrected chi connectivity index (χ1v) is 10.5. The molecule has 7 heteroatoms. The molecule has 152 valence electrons. The lowest BCUT2D eigenvalue weighted by molar-refractivity contribution is -0.123. The Bertz CT molecular complexity index is 1180. The Morgan fingerprint density at radius 2 is 1.80 bits per heavy atom. The fraction of sp³-hybridized carbons (Fsp3) is 0.130. The van der Waals surface area contributed by atoms with E-state index in [-0.39, 0.29) is 18.1 Å². The number of aryl methyl sites for hydroxylation is 1. The van der Waals surface area contributed by atoms with Gasteiger partial charge in [-0.25, -0.2) is 4.79 Å². The van der Waals surface area contributed by atoms with Crippen molar-refractivity contribution in [3.05, 3.63) is 92.3 Å². The van der Waals surface area contributed by atoms with Crippen molar-refractivity contribution in [2.75, 3.05) is 0 Å². The largest absolute Gasteiger partial charge is 0.329 e. The zero-order valence-electron chi connectivity index (χ0n) is 16.4. The lowest BCUT2D eigenvalue weighted by Crippen LogP contribution is -2.30. The fourth-order valence-electron chi connectivity index (χ4n) is 3.59. The zero-order valence-corrected chi connectivity index (χ0v) is 18.8. The van der Waals surface area contributed by atoms with Crippen LogP contribution in [0.4, 0.5) is 4.79 Å². The van der Waals surface area contributed by atoms with Gasteiger partial charge in [0.25, 0.3) is 5.91 Å². The maximum atomic E-state index is 12.8. The van der Waals surface area contributed by atoms with E-state index < -0.39 is 6.03 Å². The Balaban J connectivity index is 1.64. The average molecular weight is 485 g/mol. The number of hydrogen-bond acceptors (Lipinski definition) is 2. The molecule has 1 N–H and O–H groups in total. The minimum Gasteiger partial charge on any atom is -0.318 e. The van der Waals surface area contributed by atoms with Gasteiger partial charge in [-0.05, 0) is 71.2 Å². The van der Waals surface area contributed by atoms with E-state index >= 15 is 0 Å². The average Bonchev–Trinajstić information content (AvgIpc) is 3.15. The molecular weight excluding hydrogens is 466 g/mol. The molecule has 4 rings (SSSR count). The summed E-state index contributed by atoms with van der Waals surface area (Å²) in [6.45, 7) is 4.19. The number of amides is 3. The predicted molar refractivity (Wildman–Crippen MR) is 121 cm³/mol. The number of nitrogens with zero attached hydrogens (tertiary/aromatic N) is 2. The second-order valence-electron chi connectivity index (χ2n) is 7.13. The van der Waals surface area contributed by atoms with E-state index in [0.29, 0.717) is 5.02 Å². The van der Waals surface area contributed by atoms with E-state index in [0.717, 1.165) is 32.7 Å². The number of rotatable bonds is 4. The van der Waals surface area contributed by atoms with Gasteiger partial charge in [-0.3, -0.25) is 9.69 Å². The van der Waals surface area contributed by atoms with Gasteiger partial charge >= 0.3 is 6.03 Å². The molecule has 1 aliphatic heterocycles. The summed E-state index contributed by atoms with van der Waals surface area (Å²) < 4.78 is 2.89. The summed E-state index contributed by atoms with van der Waals surface area (Å²) in [5, 5.41) is 3.32. The molecule has 3 amide bonds. The highest BCUT2D eigenvalue weighted by molar-refractivity contribution is 9.10. The van der Waals surface area contributed by atoms with Gasteiger partial charge in [-0.1, -0.05) is 41.9 Å². The van der Waals surface area contributed by atoms with Gasteiger partial charge in [0.05, 0.1) is 11.6 Å². The van der Waals surface area contributed by atoms with Crippen LogP contribution in [0, 0.1) is 13.8 Å². The van der Waals surface area contributed by atoms with Gasteiger partial charge < -0.3 is 9.88 Å². The molecule has 2 aromatic carbocycles. The van der Waals surface area contributed by atoms with Crippen LogP contribution in [0.3, 0.4) is 0 Å². The van der Waals surface area contributed by atoms with Crippen molar-refractivity contribution < 1.29 is 9.59 Å². The Labute approximate surface area is 188 Å². The third kappa shape index (κ3) is 3.80. The van der Waals surface area contributed by atoms with Gasteiger partial charge in [-0.15, -0.1) is 0 Å². The molecule has 0 spiro atoms. The number of halogens is 2. The third-order valence-electron chi connectivity index (χ3n) is 5.08. The molecule has 0 radical (unpaired) electrons. The van der Waals surface area contributed by atoms with Crippen molar-refractivity contribution in [3.63, 3.8) is 0 Å². The van der Waals surface area contributed by atoms with Crippen LogP contribution in [0.5, 0.6) is 0 Å². The highest BCUT2D eigenvalue weighted by atomic mass is 79.9. The lowest BCUT2D eigenvalue weighted by atomic mass is 10.2. The maximum absolute atomic E-state index is 12.8. The molecule has 1 aliphatic rings. The summed E-state index contributed by atoms with van der Waals surface area (Å²) >= 11 is 9.67. The first-order chi connectivity index (χ1) is 14.3. The van der Waals surface area contributed by atoms with Crippen LogP contribution in [0.1, 0.15) is 22.5 Å². The SMILES string of the molecule is Cc1cc(/C=C2/NC(=O)N(Cc3ccccc3)C2=O)c(C)n1-c1ccc(Br)c(Cl)c1. The maximum Gasteiger partial charge on any atom is 0.329 e. The number of urea groups is 1. The van der Waals surface area contributed by atoms with Gasteiger partial charge in [0.1, 0.15) is 5.70 Å². The van der Waals surface area contributed by atoms with Crippen molar-refractivity contribution in [1.82, 2.24) is 14.8 Å². The predicted octanol–water partition coefficient (Wildman–Crippen LogP) is 5.60. The van der Waals surface area contributed by atoms with Crippen LogP contribution in [0.25, 0.3) is 11.8 Å². The second-order valence-corrected chi connectivity index (χ2v) is 8.39. The Hall–Kier alpha value is -2.83. The topological polar surface area (TPSA) is 54.3 Å². The van der Waals surface area contributed by atoms with E-state index in [1.165, 1.54) is 4.90 Å². The molecular formula is C23H19BrClN3O2. The van der Waals surface area contributed by atoms with Crippen LogP contribution in [-0.4, -0.2) is 21.4 Å². The van der Waals surface area contributed by atoms with Crippen molar-refractivity contribution in [3.8, 4) is 5.69 Å². The summed E-state index contributed by atoms with van der Waals surface area (Å²) in [7, 11) is 0. The first kappa shape index (κ1) is 20.4. The van der Waals surface area contributed by atoms with E-state index in [1.807, 2.05) is 68.4 Å². The summed E-state index contributed by atoms with van der Waals surface area (Å²) in [6.07, 6.45) is 1.73. The second kappa shape index (κ2) is 8.13. The van der Waals surface area contributed by atoms with E-state index in [4.69, 9.17) is 11.6 Å². The van der Waals surface area contributed by atoms with Crippen LogP contribution >= 0.6 is 27.5 Å². The molecule has 1 fully saturated rings. The van der Waals surface area contributed by atoms with Crippen molar-refractivity contribution >= 4 is 45.5 Å². The van der Waals surface area contributed by atoms with E-state index in [9.17, 15) is 9.59 Å². The molecule has 30 heavy (non-hydrogen) atoms. The smallest absolute Gasteiger partial charge is 0.318 e. The quantitative estimate of drug-likeness (QED) is 0.387. The minimum atomic E-state index is -0.413. The van der Waals surface area contributed by atoms with Crippen LogP contribution in [0.15, 0.2) is 64.8 Å². The highest BCUT2D eigenvalue weighted by Gasteiger charge is 2.33. The third-order valence-corrected chi connectivity index (χ3v) is 6.31. The van der Waals surface area contributed by atoms with E-state index in [2.05, 4.69) is 25.8 Å². The number of carbonyl (C=O) groups excluding carboxylic acids is 2. The number of imide groups is 1. The molecule has 0 aliphatic carbocycles. The van der Waals surface area contributed by atoms with Gasteiger partial charge in [0.15, 0.2) is 0 Å². The Kier molecular flexibility index (Phi) is 5.54. The Morgan fingerprint density at radius 3 is 2.50 bits per heavy atom. The van der Waals surface area contributed by atoms with Gasteiger partial charge in [0, 0.05) is 21.5 Å². The normalized spacial score (nSPS) is 15.2. The fourth-order valence-corrected chi connectivity index (χ4v) is 4.01. The summed E-state index contributed by atoms with van der Waals surface area (Å²) in [5.74, 6) is -0.333. The molecule has 0 atom stereocenters. The molecule has 2 heterocycles. The Morgan fingerprint density at radius 1 is 1.07 bits per heavy atom. The number of aromatic nitrogens is 1. The van der Waals surface area contributed by atoms with Crippen molar-refractivity contribution in [1.29, 1.82) is 0 Å². The zero-order chi connectivity index (χ0) is 21.4. The number of carbonyl (C=O) groups is 2. The van der Waals surface area contributed by atoms with Crippen LogP contribution < -0.4 is 5.32 Å². The molecule has 1 saturated heterocycles. The van der Waals surface area contributed by atoms with Gasteiger partial charge in [-0.2, -0.15) is 0 Å².